The molecule has 0 spiro atoms. The summed E-state index contributed by atoms with van der Waals surface area (Å²) in [6, 6.07) is 16.5. The van der Waals surface area contributed by atoms with Gasteiger partial charge >= 0.3 is 0 Å². The molecule has 3 heterocycles. The molecule has 6 heteroatoms. The number of ether oxygens (including phenoxy) is 1. The largest absolute Gasteiger partial charge is 0.497 e. The highest BCUT2D eigenvalue weighted by Crippen LogP contribution is 2.30. The van der Waals surface area contributed by atoms with Crippen LogP contribution >= 0.6 is 0 Å². The Bertz CT molecular complexity index is 1380. The molecule has 0 aliphatic carbocycles. The molecule has 0 aliphatic heterocycles. The fourth-order valence-corrected chi connectivity index (χ4v) is 3.99. The lowest BCUT2D eigenvalue weighted by atomic mass is 10.1. The smallest absolute Gasteiger partial charge is 0.168 e. The second-order valence-electron chi connectivity index (χ2n) is 7.65. The van der Waals surface area contributed by atoms with Crippen LogP contribution in [-0.2, 0) is 6.42 Å². The van der Waals surface area contributed by atoms with Gasteiger partial charge in [-0.05, 0) is 61.7 Å². The van der Waals surface area contributed by atoms with Gasteiger partial charge in [0, 0.05) is 17.8 Å². The second kappa shape index (κ2) is 6.99. The van der Waals surface area contributed by atoms with Crippen LogP contribution in [0.2, 0.25) is 0 Å². The van der Waals surface area contributed by atoms with Gasteiger partial charge in [0.25, 0.3) is 0 Å². The molecule has 0 radical (unpaired) electrons. The predicted octanol–water partition coefficient (Wildman–Crippen LogP) is 4.59. The number of rotatable bonds is 4. The molecule has 5 rings (SSSR count). The lowest BCUT2D eigenvalue weighted by molar-refractivity contribution is 0.414. The van der Waals surface area contributed by atoms with Crippen LogP contribution in [0.1, 0.15) is 28.2 Å². The number of aromatic nitrogens is 5. The number of fused-ring (bicyclic) bond motifs is 3. The SMILES string of the molecule is COc1ccc(Cc2nc3c4c(C)c(C)n(-c5cccc(C)c5)c4ncn3n2)cc1. The van der Waals surface area contributed by atoms with E-state index < -0.39 is 0 Å². The van der Waals surface area contributed by atoms with Gasteiger partial charge in [-0.1, -0.05) is 24.3 Å². The van der Waals surface area contributed by atoms with E-state index in [0.717, 1.165) is 45.2 Å². The highest BCUT2D eigenvalue weighted by atomic mass is 16.5. The van der Waals surface area contributed by atoms with Crippen molar-refractivity contribution in [1.82, 2.24) is 24.1 Å². The molecular weight excluding hydrogens is 374 g/mol. The van der Waals surface area contributed by atoms with Crippen LogP contribution in [-0.4, -0.2) is 31.3 Å². The lowest BCUT2D eigenvalue weighted by Crippen LogP contribution is -1.99. The molecule has 0 atom stereocenters. The predicted molar refractivity (Wildman–Crippen MR) is 118 cm³/mol. The van der Waals surface area contributed by atoms with Crippen LogP contribution < -0.4 is 4.74 Å². The third-order valence-electron chi connectivity index (χ3n) is 5.66. The van der Waals surface area contributed by atoms with Crippen molar-refractivity contribution < 1.29 is 4.74 Å². The Hall–Kier alpha value is -3.67. The molecule has 2 aromatic carbocycles. The lowest BCUT2D eigenvalue weighted by Gasteiger charge is -2.08. The fourth-order valence-electron chi connectivity index (χ4n) is 3.99. The minimum atomic E-state index is 0.657. The van der Waals surface area contributed by atoms with Crippen molar-refractivity contribution in [2.75, 3.05) is 7.11 Å². The third kappa shape index (κ3) is 2.92. The molecule has 0 bridgehead atoms. The fraction of sp³-hybridized carbons (Fsp3) is 0.208. The molecule has 6 nitrogen and oxygen atoms in total. The van der Waals surface area contributed by atoms with E-state index in [1.807, 2.05) is 24.3 Å². The summed E-state index contributed by atoms with van der Waals surface area (Å²) in [5.74, 6) is 1.62. The Morgan fingerprint density at radius 2 is 1.77 bits per heavy atom. The number of benzene rings is 2. The van der Waals surface area contributed by atoms with Crippen LogP contribution in [0.4, 0.5) is 0 Å². The molecule has 0 fully saturated rings. The molecule has 0 aliphatic rings. The van der Waals surface area contributed by atoms with Gasteiger partial charge in [0.05, 0.1) is 12.5 Å². The van der Waals surface area contributed by atoms with E-state index in [-0.39, 0.29) is 0 Å². The molecule has 30 heavy (non-hydrogen) atoms. The Kier molecular flexibility index (Phi) is 4.28. The highest BCUT2D eigenvalue weighted by molar-refractivity contribution is 5.95. The summed E-state index contributed by atoms with van der Waals surface area (Å²) in [4.78, 5) is 9.62. The van der Waals surface area contributed by atoms with Crippen molar-refractivity contribution in [3.05, 3.63) is 83.1 Å². The summed E-state index contributed by atoms with van der Waals surface area (Å²) in [6.45, 7) is 6.36. The van der Waals surface area contributed by atoms with E-state index in [4.69, 9.17) is 14.7 Å². The maximum absolute atomic E-state index is 5.24. The van der Waals surface area contributed by atoms with Gasteiger partial charge in [0.15, 0.2) is 17.1 Å². The first-order valence-electron chi connectivity index (χ1n) is 9.97. The summed E-state index contributed by atoms with van der Waals surface area (Å²) in [6.07, 6.45) is 2.41. The molecule has 150 valence electrons. The Morgan fingerprint density at radius 3 is 2.50 bits per heavy atom. The van der Waals surface area contributed by atoms with Crippen LogP contribution in [0.3, 0.4) is 0 Å². The van der Waals surface area contributed by atoms with E-state index >= 15 is 0 Å². The van der Waals surface area contributed by atoms with E-state index in [0.29, 0.717) is 6.42 Å². The summed E-state index contributed by atoms with van der Waals surface area (Å²) >= 11 is 0. The van der Waals surface area contributed by atoms with Crippen molar-refractivity contribution in [3.8, 4) is 11.4 Å². The molecular formula is C24H23N5O. The minimum absolute atomic E-state index is 0.657. The number of nitrogens with zero attached hydrogens (tertiary/aromatic N) is 5. The summed E-state index contributed by atoms with van der Waals surface area (Å²) in [5, 5.41) is 5.72. The summed E-state index contributed by atoms with van der Waals surface area (Å²) in [7, 11) is 1.67. The quantitative estimate of drug-likeness (QED) is 0.445. The van der Waals surface area contributed by atoms with Crippen LogP contribution in [0.15, 0.2) is 54.9 Å². The van der Waals surface area contributed by atoms with Gasteiger partial charge in [-0.25, -0.2) is 14.5 Å². The molecule has 5 aromatic rings. The average molecular weight is 397 g/mol. The number of aryl methyl sites for hydroxylation is 2. The normalized spacial score (nSPS) is 11.5. The van der Waals surface area contributed by atoms with Crippen molar-refractivity contribution in [3.63, 3.8) is 0 Å². The Balaban J connectivity index is 1.64. The topological polar surface area (TPSA) is 57.2 Å². The maximum atomic E-state index is 5.24. The van der Waals surface area contributed by atoms with Gasteiger partial charge in [-0.3, -0.25) is 4.57 Å². The van der Waals surface area contributed by atoms with E-state index in [1.165, 1.54) is 11.1 Å². The van der Waals surface area contributed by atoms with E-state index in [9.17, 15) is 0 Å². The molecule has 0 unspecified atom stereocenters. The second-order valence-corrected chi connectivity index (χ2v) is 7.65. The Morgan fingerprint density at radius 1 is 0.967 bits per heavy atom. The average Bonchev–Trinajstić information content (AvgIpc) is 3.26. The third-order valence-corrected chi connectivity index (χ3v) is 5.66. The number of methoxy groups -OCH3 is 1. The summed E-state index contributed by atoms with van der Waals surface area (Å²) in [5.41, 5.74) is 7.56. The van der Waals surface area contributed by atoms with Gasteiger partial charge in [0.1, 0.15) is 12.1 Å². The standard InChI is InChI=1S/C24H23N5O/c1-15-6-5-7-19(12-15)29-17(3)16(2)22-23(29)25-14-28-24(22)26-21(27-28)13-18-8-10-20(30-4)11-9-18/h5-12,14H,13H2,1-4H3. The van der Waals surface area contributed by atoms with Gasteiger partial charge < -0.3 is 4.74 Å². The van der Waals surface area contributed by atoms with E-state index in [2.05, 4.69) is 54.7 Å². The number of hydrogen-bond donors (Lipinski definition) is 0. The van der Waals surface area contributed by atoms with Crippen LogP contribution in [0.25, 0.3) is 22.4 Å². The molecule has 0 N–H and O–H groups in total. The van der Waals surface area contributed by atoms with Crippen LogP contribution in [0.5, 0.6) is 5.75 Å². The van der Waals surface area contributed by atoms with Crippen molar-refractivity contribution in [2.45, 2.75) is 27.2 Å². The zero-order valence-corrected chi connectivity index (χ0v) is 17.5. The zero-order valence-electron chi connectivity index (χ0n) is 17.5. The molecule has 0 saturated carbocycles. The zero-order chi connectivity index (χ0) is 20.8. The van der Waals surface area contributed by atoms with Crippen molar-refractivity contribution in [2.24, 2.45) is 0 Å². The first kappa shape index (κ1) is 18.4. The Labute approximate surface area is 174 Å². The van der Waals surface area contributed by atoms with Gasteiger partial charge in [-0.2, -0.15) is 0 Å². The number of hydrogen-bond acceptors (Lipinski definition) is 4. The first-order chi connectivity index (χ1) is 14.5. The maximum Gasteiger partial charge on any atom is 0.168 e. The van der Waals surface area contributed by atoms with Gasteiger partial charge in [-0.15, -0.1) is 5.10 Å². The van der Waals surface area contributed by atoms with Crippen LogP contribution in [0, 0.1) is 20.8 Å². The van der Waals surface area contributed by atoms with Gasteiger partial charge in [0.2, 0.25) is 0 Å². The molecule has 0 saturated heterocycles. The van der Waals surface area contributed by atoms with E-state index in [1.54, 1.807) is 18.0 Å². The monoisotopic (exact) mass is 397 g/mol. The van der Waals surface area contributed by atoms with Crippen molar-refractivity contribution in [1.29, 1.82) is 0 Å². The van der Waals surface area contributed by atoms with Crippen molar-refractivity contribution >= 4 is 16.7 Å². The summed E-state index contributed by atoms with van der Waals surface area (Å²) < 4.78 is 9.23. The highest BCUT2D eigenvalue weighted by Gasteiger charge is 2.19. The minimum Gasteiger partial charge on any atom is -0.497 e. The first-order valence-corrected chi connectivity index (χ1v) is 9.97. The molecule has 0 amide bonds. The molecule has 3 aromatic heterocycles.